The monoisotopic (exact) mass is 899 g/mol. The van der Waals surface area contributed by atoms with Crippen LogP contribution in [0.2, 0.25) is 0 Å². The minimum absolute atomic E-state index is 0.0836. The standard InChI is InChI=1S/C46H69N5O13/c1-12-26(6)38-35(53)23-37(55)64-41(25(4)5)40(56)28(8)42(57)47-32(20-24(2)3)44(59)51-19-13-14-33(51)45(60)50(10)34(22-30-15-17-31(62-11)18-16-30)46(61)63-29(9)39(43(58)49-38)48-36(54)21-27(7)52/h15-18,24-26,28-29,32-35,38-39,41,53H,12-14,19-23H2,1-11H3,(H,47,57)(H,48,54)(H,49,58)/t26-,28-,29-,32+,33-,34-,35+,38+,39-,41+/m0/s1. The van der Waals surface area contributed by atoms with Gasteiger partial charge in [0.15, 0.2) is 11.9 Å². The molecule has 0 spiro atoms. The summed E-state index contributed by atoms with van der Waals surface area (Å²) in [6.45, 7) is 14.5. The number of carbonyl (C=O) groups excluding carboxylic acids is 9. The van der Waals surface area contributed by atoms with Crippen molar-refractivity contribution in [3.8, 4) is 5.75 Å². The minimum atomic E-state index is -1.64. The van der Waals surface area contributed by atoms with Crippen LogP contribution in [0.1, 0.15) is 106 Å². The molecule has 0 unspecified atom stereocenters. The average molecular weight is 900 g/mol. The number of amides is 5. The smallest absolute Gasteiger partial charge is 0.329 e. The van der Waals surface area contributed by atoms with E-state index in [2.05, 4.69) is 16.0 Å². The number of esters is 2. The molecular weight excluding hydrogens is 831 g/mol. The molecule has 5 amide bonds. The highest BCUT2D eigenvalue weighted by atomic mass is 16.6. The molecule has 4 N–H and O–H groups in total. The lowest BCUT2D eigenvalue weighted by Crippen LogP contribution is -2.59. The van der Waals surface area contributed by atoms with E-state index < -0.39 is 132 Å². The number of Topliss-reactive ketones (excluding diaryl/α,β-unsaturated/α-hetero) is 2. The van der Waals surface area contributed by atoms with Crippen LogP contribution in [-0.4, -0.2) is 137 Å². The predicted molar refractivity (Wildman–Crippen MR) is 233 cm³/mol. The molecule has 0 bridgehead atoms. The van der Waals surface area contributed by atoms with Crippen LogP contribution in [0.3, 0.4) is 0 Å². The van der Waals surface area contributed by atoms with Gasteiger partial charge in [-0.05, 0) is 75.5 Å². The molecular formula is C46H69N5O13. The van der Waals surface area contributed by atoms with Gasteiger partial charge in [0.1, 0.15) is 41.8 Å². The molecule has 10 atom stereocenters. The number of cyclic esters (lactones) is 2. The Morgan fingerprint density at radius 2 is 1.58 bits per heavy atom. The van der Waals surface area contributed by atoms with Crippen molar-refractivity contribution in [2.24, 2.45) is 23.7 Å². The summed E-state index contributed by atoms with van der Waals surface area (Å²) < 4.78 is 16.8. The van der Waals surface area contributed by atoms with E-state index >= 15 is 0 Å². The first kappa shape index (κ1) is 53.0. The maximum absolute atomic E-state index is 14.6. The van der Waals surface area contributed by atoms with Crippen molar-refractivity contribution in [3.63, 3.8) is 0 Å². The molecule has 2 fully saturated rings. The van der Waals surface area contributed by atoms with Crippen LogP contribution >= 0.6 is 0 Å². The van der Waals surface area contributed by atoms with Crippen molar-refractivity contribution >= 4 is 53.0 Å². The molecule has 2 aliphatic rings. The first-order chi connectivity index (χ1) is 30.0. The average Bonchev–Trinajstić information content (AvgIpc) is 3.73. The second kappa shape index (κ2) is 24.1. The van der Waals surface area contributed by atoms with Gasteiger partial charge >= 0.3 is 11.9 Å². The number of aliphatic hydroxyl groups excluding tert-OH is 1. The fraction of sp³-hybridized carbons (Fsp3) is 0.674. The lowest BCUT2D eigenvalue weighted by molar-refractivity contribution is -0.163. The van der Waals surface area contributed by atoms with Crippen molar-refractivity contribution in [2.45, 2.75) is 156 Å². The van der Waals surface area contributed by atoms with Gasteiger partial charge < -0.3 is 45.1 Å². The lowest BCUT2D eigenvalue weighted by Gasteiger charge is -2.35. The number of likely N-dealkylation sites (N-methyl/N-ethyl adjacent to an activating group) is 1. The normalized spacial score (nSPS) is 27.9. The molecule has 0 radical (unpaired) electrons. The van der Waals surface area contributed by atoms with Crippen molar-refractivity contribution in [1.82, 2.24) is 25.8 Å². The number of ketones is 2. The van der Waals surface area contributed by atoms with Crippen LogP contribution in [0.15, 0.2) is 24.3 Å². The van der Waals surface area contributed by atoms with Crippen LogP contribution in [0.25, 0.3) is 0 Å². The number of fused-ring (bicyclic) bond motifs is 1. The van der Waals surface area contributed by atoms with E-state index in [1.165, 1.54) is 44.7 Å². The summed E-state index contributed by atoms with van der Waals surface area (Å²) in [7, 11) is 2.89. The Kier molecular flexibility index (Phi) is 19.9. The number of hydrogen-bond acceptors (Lipinski definition) is 13. The van der Waals surface area contributed by atoms with Crippen molar-refractivity contribution in [2.75, 3.05) is 20.7 Å². The summed E-state index contributed by atoms with van der Waals surface area (Å²) in [4.78, 5) is 126. The third-order valence-electron chi connectivity index (χ3n) is 11.9. The van der Waals surface area contributed by atoms with E-state index in [1.54, 1.807) is 52.0 Å². The predicted octanol–water partition coefficient (Wildman–Crippen LogP) is 2.05. The maximum Gasteiger partial charge on any atom is 0.329 e. The quantitative estimate of drug-likeness (QED) is 0.184. The number of methoxy groups -OCH3 is 1. The summed E-state index contributed by atoms with van der Waals surface area (Å²) >= 11 is 0. The Hall–Kier alpha value is -5.39. The Balaban J connectivity index is 2.21. The first-order valence-electron chi connectivity index (χ1n) is 22.2. The van der Waals surface area contributed by atoms with E-state index in [9.17, 15) is 48.3 Å². The molecule has 2 saturated heterocycles. The summed E-state index contributed by atoms with van der Waals surface area (Å²) in [6.07, 6.45) is -4.58. The van der Waals surface area contributed by atoms with Gasteiger partial charge in [0.05, 0.1) is 38.0 Å². The zero-order chi connectivity index (χ0) is 48.2. The summed E-state index contributed by atoms with van der Waals surface area (Å²) in [5.74, 6) is -8.96. The van der Waals surface area contributed by atoms with E-state index in [1.807, 2.05) is 13.8 Å². The number of ether oxygens (including phenoxy) is 3. The highest BCUT2D eigenvalue weighted by Gasteiger charge is 2.44. The molecule has 3 rings (SSSR count). The van der Waals surface area contributed by atoms with Crippen molar-refractivity contribution < 1.29 is 62.5 Å². The summed E-state index contributed by atoms with van der Waals surface area (Å²) in [5.41, 5.74) is 0.600. The van der Waals surface area contributed by atoms with E-state index in [0.717, 1.165) is 0 Å². The molecule has 0 aliphatic carbocycles. The maximum atomic E-state index is 14.6. The highest BCUT2D eigenvalue weighted by molar-refractivity contribution is 6.05. The van der Waals surface area contributed by atoms with Gasteiger partial charge in [-0.15, -0.1) is 0 Å². The van der Waals surface area contributed by atoms with Crippen LogP contribution in [-0.2, 0) is 59.0 Å². The van der Waals surface area contributed by atoms with Crippen LogP contribution in [0.4, 0.5) is 0 Å². The topological polar surface area (TPSA) is 244 Å². The van der Waals surface area contributed by atoms with E-state index in [0.29, 0.717) is 24.2 Å². The van der Waals surface area contributed by atoms with Gasteiger partial charge in [0.25, 0.3) is 0 Å². The number of aliphatic hydroxyl groups is 1. The fourth-order valence-electron chi connectivity index (χ4n) is 7.92. The molecule has 356 valence electrons. The largest absolute Gasteiger partial charge is 0.497 e. The second-order valence-electron chi connectivity index (χ2n) is 17.9. The van der Waals surface area contributed by atoms with Crippen LogP contribution < -0.4 is 20.7 Å². The van der Waals surface area contributed by atoms with Gasteiger partial charge in [-0.1, -0.05) is 60.1 Å². The van der Waals surface area contributed by atoms with Gasteiger partial charge in [0.2, 0.25) is 29.5 Å². The van der Waals surface area contributed by atoms with Gasteiger partial charge in [-0.2, -0.15) is 0 Å². The molecule has 0 saturated carbocycles. The van der Waals surface area contributed by atoms with E-state index in [4.69, 9.17) is 14.2 Å². The molecule has 1 aromatic rings. The second-order valence-corrected chi connectivity index (χ2v) is 17.9. The van der Waals surface area contributed by atoms with Crippen LogP contribution in [0, 0.1) is 23.7 Å². The van der Waals surface area contributed by atoms with Gasteiger partial charge in [-0.3, -0.25) is 38.4 Å². The van der Waals surface area contributed by atoms with Gasteiger partial charge in [-0.25, -0.2) is 4.79 Å². The Labute approximate surface area is 376 Å². The Bertz CT molecular complexity index is 1850. The minimum Gasteiger partial charge on any atom is -0.497 e. The number of carbonyl (C=O) groups is 9. The molecule has 64 heavy (non-hydrogen) atoms. The molecule has 18 heteroatoms. The third-order valence-corrected chi connectivity index (χ3v) is 11.9. The molecule has 2 aliphatic heterocycles. The number of nitrogens with one attached hydrogen (secondary N) is 3. The van der Waals surface area contributed by atoms with Crippen molar-refractivity contribution in [3.05, 3.63) is 29.8 Å². The number of nitrogens with zero attached hydrogens (tertiary/aromatic N) is 2. The molecule has 0 aromatic heterocycles. The SMILES string of the molecule is CC[C@H](C)[C@H]1NC(=O)[C@@H](NC(=O)CC(C)=O)[C@H](C)OC(=O)[C@H](Cc2ccc(OC)cc2)N(C)C(=O)[C@@H]2CCCN2C(=O)[C@@H](CC(C)C)NC(=O)[C@@H](C)C(=O)[C@@H](C(C)C)OC(=O)C[C@H]1O. The number of benzene rings is 1. The Morgan fingerprint density at radius 3 is 2.14 bits per heavy atom. The van der Waals surface area contributed by atoms with Crippen LogP contribution in [0.5, 0.6) is 5.75 Å². The summed E-state index contributed by atoms with van der Waals surface area (Å²) in [5, 5.41) is 19.4. The number of hydrogen-bond donors (Lipinski definition) is 4. The van der Waals surface area contributed by atoms with E-state index in [-0.39, 0.29) is 31.7 Å². The zero-order valence-electron chi connectivity index (χ0n) is 39.1. The van der Waals surface area contributed by atoms with Gasteiger partial charge in [0, 0.05) is 20.0 Å². The molecule has 2 heterocycles. The first-order valence-corrected chi connectivity index (χ1v) is 22.2. The number of rotatable bonds is 11. The summed E-state index contributed by atoms with van der Waals surface area (Å²) in [6, 6.07) is 0.437. The third kappa shape index (κ3) is 14.3. The fourth-order valence-corrected chi connectivity index (χ4v) is 7.92. The highest BCUT2D eigenvalue weighted by Crippen LogP contribution is 2.26. The zero-order valence-corrected chi connectivity index (χ0v) is 39.1. The molecule has 18 nitrogen and oxygen atoms in total. The molecule has 1 aromatic carbocycles. The lowest BCUT2D eigenvalue weighted by atomic mass is 9.91. The Morgan fingerprint density at radius 1 is 0.938 bits per heavy atom. The van der Waals surface area contributed by atoms with Crippen molar-refractivity contribution in [1.29, 1.82) is 0 Å².